The van der Waals surface area contributed by atoms with Gasteiger partial charge in [0.15, 0.2) is 0 Å². The number of azide groups is 1. The second-order valence-corrected chi connectivity index (χ2v) is 8.09. The van der Waals surface area contributed by atoms with E-state index in [0.717, 1.165) is 6.26 Å². The predicted octanol–water partition coefficient (Wildman–Crippen LogP) is 0.405. The van der Waals surface area contributed by atoms with E-state index in [-0.39, 0.29) is 40.3 Å². The van der Waals surface area contributed by atoms with E-state index in [1.54, 1.807) is 0 Å². The molecular formula is C15H16N6O7S. The first kappa shape index (κ1) is 20.4. The highest BCUT2D eigenvalue weighted by Gasteiger charge is 2.45. The molecule has 0 unspecified atom stereocenters. The molecule has 3 rings (SSSR count). The lowest BCUT2D eigenvalue weighted by Gasteiger charge is -2.19. The number of nitrogens with zero attached hydrogens (tertiary/aromatic N) is 4. The van der Waals surface area contributed by atoms with Crippen LogP contribution in [0.4, 0.5) is 4.79 Å². The van der Waals surface area contributed by atoms with Gasteiger partial charge in [0.2, 0.25) is 11.6 Å². The van der Waals surface area contributed by atoms with Crippen LogP contribution in [-0.2, 0) is 32.2 Å². The van der Waals surface area contributed by atoms with Gasteiger partial charge in [-0.2, -0.15) is 8.42 Å². The third-order valence-corrected chi connectivity index (χ3v) is 5.26. The van der Waals surface area contributed by atoms with Gasteiger partial charge in [0.25, 0.3) is 10.1 Å². The molecule has 1 aromatic heterocycles. The summed E-state index contributed by atoms with van der Waals surface area (Å²) in [4.78, 5) is 39.4. The van der Waals surface area contributed by atoms with Crippen LogP contribution in [0.3, 0.4) is 0 Å². The zero-order chi connectivity index (χ0) is 21.7. The van der Waals surface area contributed by atoms with Crippen molar-refractivity contribution in [3.8, 4) is 0 Å². The number of primary amides is 1. The largest absolute Gasteiger partial charge is 0.445 e. The quantitative estimate of drug-likeness (QED) is 0.292. The van der Waals surface area contributed by atoms with Gasteiger partial charge < -0.3 is 20.8 Å². The molecular weight excluding hydrogens is 408 g/mol. The van der Waals surface area contributed by atoms with E-state index in [1.165, 1.54) is 11.5 Å². The summed E-state index contributed by atoms with van der Waals surface area (Å²) >= 11 is 0. The number of ketones is 2. The van der Waals surface area contributed by atoms with Crippen LogP contribution >= 0.6 is 0 Å². The molecule has 2 aliphatic rings. The summed E-state index contributed by atoms with van der Waals surface area (Å²) in [6.45, 7) is 0.661. The fourth-order valence-corrected chi connectivity index (χ4v) is 4.16. The van der Waals surface area contributed by atoms with Crippen molar-refractivity contribution in [1.29, 1.82) is 0 Å². The SMILES string of the molecule is CC1=C(N)C(=O)c2c(COC(N)=O)c3n(c2C1=O)C[C@@H](OS(C)(=O)=O)[C@@H]3N=[N+]=[N-]. The second-order valence-electron chi connectivity index (χ2n) is 6.49. The summed E-state index contributed by atoms with van der Waals surface area (Å²) in [5.41, 5.74) is 19.4. The number of nitrogens with two attached hydrogens (primary N) is 2. The van der Waals surface area contributed by atoms with Crippen molar-refractivity contribution in [2.45, 2.75) is 32.2 Å². The molecule has 0 bridgehead atoms. The number of rotatable bonds is 5. The van der Waals surface area contributed by atoms with Crippen molar-refractivity contribution in [2.75, 3.05) is 6.26 Å². The number of carbonyl (C=O) groups excluding carboxylic acids is 3. The number of ether oxygens (including phenoxy) is 1. The Hall–Kier alpha value is -3.35. The number of carbonyl (C=O) groups is 3. The minimum absolute atomic E-state index is 0.0120. The van der Waals surface area contributed by atoms with Gasteiger partial charge >= 0.3 is 6.09 Å². The van der Waals surface area contributed by atoms with Crippen molar-refractivity contribution in [2.24, 2.45) is 16.6 Å². The monoisotopic (exact) mass is 424 g/mol. The van der Waals surface area contributed by atoms with Gasteiger partial charge in [0, 0.05) is 21.7 Å². The van der Waals surface area contributed by atoms with Crippen molar-refractivity contribution in [3.05, 3.63) is 44.2 Å². The number of aromatic nitrogens is 1. The van der Waals surface area contributed by atoms with Crippen LogP contribution in [0.25, 0.3) is 10.4 Å². The van der Waals surface area contributed by atoms with E-state index in [0.29, 0.717) is 0 Å². The van der Waals surface area contributed by atoms with E-state index in [4.69, 9.17) is 25.9 Å². The highest BCUT2D eigenvalue weighted by atomic mass is 32.2. The average molecular weight is 424 g/mol. The van der Waals surface area contributed by atoms with Gasteiger partial charge in [0.05, 0.1) is 24.1 Å². The Bertz CT molecular complexity index is 1140. The van der Waals surface area contributed by atoms with Gasteiger partial charge in [-0.15, -0.1) is 0 Å². The molecule has 13 nitrogen and oxygen atoms in total. The van der Waals surface area contributed by atoms with Crippen molar-refractivity contribution >= 4 is 27.8 Å². The molecule has 0 saturated carbocycles. The van der Waals surface area contributed by atoms with Crippen LogP contribution in [-0.4, -0.2) is 43.0 Å². The number of fused-ring (bicyclic) bond motifs is 3. The smallest absolute Gasteiger partial charge is 0.404 e. The first-order valence-corrected chi connectivity index (χ1v) is 9.95. The van der Waals surface area contributed by atoms with Crippen LogP contribution < -0.4 is 11.5 Å². The molecule has 14 heteroatoms. The van der Waals surface area contributed by atoms with Crippen LogP contribution in [0, 0.1) is 0 Å². The number of Topliss-reactive ketones (excluding diaryl/α,β-unsaturated/α-hetero) is 2. The lowest BCUT2D eigenvalue weighted by molar-refractivity contribution is 0.0963. The molecule has 29 heavy (non-hydrogen) atoms. The second kappa shape index (κ2) is 6.92. The van der Waals surface area contributed by atoms with Crippen LogP contribution in [0.15, 0.2) is 16.4 Å². The number of allylic oxidation sites excluding steroid dienone is 2. The zero-order valence-electron chi connectivity index (χ0n) is 15.3. The molecule has 154 valence electrons. The summed E-state index contributed by atoms with van der Waals surface area (Å²) in [6.07, 6.45) is -1.49. The molecule has 2 heterocycles. The number of hydrogen-bond donors (Lipinski definition) is 2. The summed E-state index contributed by atoms with van der Waals surface area (Å²) in [6, 6.07) is -1.21. The fraction of sp³-hybridized carbons (Fsp3) is 0.400. The van der Waals surface area contributed by atoms with E-state index < -0.39 is 46.5 Å². The Morgan fingerprint density at radius 2 is 2.03 bits per heavy atom. The Balaban J connectivity index is 2.27. The summed E-state index contributed by atoms with van der Waals surface area (Å²) in [5, 5.41) is 3.58. The molecule has 1 aliphatic carbocycles. The molecule has 0 fully saturated rings. The Morgan fingerprint density at radius 1 is 1.38 bits per heavy atom. The van der Waals surface area contributed by atoms with Crippen molar-refractivity contribution < 1.29 is 31.7 Å². The predicted molar refractivity (Wildman–Crippen MR) is 96.0 cm³/mol. The highest BCUT2D eigenvalue weighted by molar-refractivity contribution is 7.86. The van der Waals surface area contributed by atoms with E-state index in [9.17, 15) is 22.8 Å². The molecule has 0 spiro atoms. The van der Waals surface area contributed by atoms with Crippen LogP contribution in [0.1, 0.15) is 45.1 Å². The topological polar surface area (TPSA) is 210 Å². The standard InChI is InChI=1S/C15H16N6O7S/c1-5-9(16)14(23)8-6(4-27-15(17)24)11-10(19-20-18)7(28-29(2,25)26)3-21(11)12(8)13(5)22/h7,10H,3-4,16H2,1-2H3,(H2,17,24)/t7-,10+/m1/s1. The Morgan fingerprint density at radius 3 is 2.59 bits per heavy atom. The normalized spacial score (nSPS) is 20.9. The maximum absolute atomic E-state index is 12.8. The molecule has 1 aromatic rings. The number of amides is 1. The minimum Gasteiger partial charge on any atom is -0.445 e. The van der Waals surface area contributed by atoms with E-state index >= 15 is 0 Å². The number of hydrogen-bond acceptors (Lipinski definition) is 9. The summed E-state index contributed by atoms with van der Waals surface area (Å²) in [5.74, 6) is -1.23. The van der Waals surface area contributed by atoms with Gasteiger partial charge in [-0.3, -0.25) is 13.8 Å². The molecule has 1 aliphatic heterocycles. The fourth-order valence-electron chi connectivity index (χ4n) is 3.54. The summed E-state index contributed by atoms with van der Waals surface area (Å²) in [7, 11) is -3.94. The molecule has 4 N–H and O–H groups in total. The van der Waals surface area contributed by atoms with Gasteiger partial charge in [-0.1, -0.05) is 5.11 Å². The molecule has 0 saturated heterocycles. The molecule has 2 atom stereocenters. The molecule has 0 aromatic carbocycles. The Kier molecular flexibility index (Phi) is 4.86. The lowest BCUT2D eigenvalue weighted by atomic mass is 9.89. The first-order chi connectivity index (χ1) is 13.5. The van der Waals surface area contributed by atoms with Crippen molar-refractivity contribution in [1.82, 2.24) is 4.57 Å². The van der Waals surface area contributed by atoms with Crippen molar-refractivity contribution in [3.63, 3.8) is 0 Å². The van der Waals surface area contributed by atoms with Gasteiger partial charge in [-0.25, -0.2) is 4.79 Å². The molecule has 0 radical (unpaired) electrons. The van der Waals surface area contributed by atoms with Gasteiger partial charge in [-0.05, 0) is 12.5 Å². The third kappa shape index (κ3) is 3.33. The maximum Gasteiger partial charge on any atom is 0.404 e. The lowest BCUT2D eigenvalue weighted by Crippen LogP contribution is -2.29. The van der Waals surface area contributed by atoms with E-state index in [1.807, 2.05) is 0 Å². The maximum atomic E-state index is 12.8. The van der Waals surface area contributed by atoms with Gasteiger partial charge in [0.1, 0.15) is 24.4 Å². The third-order valence-electron chi connectivity index (χ3n) is 4.67. The first-order valence-electron chi connectivity index (χ1n) is 8.13. The van der Waals surface area contributed by atoms with E-state index in [2.05, 4.69) is 10.0 Å². The average Bonchev–Trinajstić information content (AvgIpc) is 3.10. The Labute approximate surface area is 164 Å². The minimum atomic E-state index is -3.94. The summed E-state index contributed by atoms with van der Waals surface area (Å²) < 4.78 is 34.4. The highest BCUT2D eigenvalue weighted by Crippen LogP contribution is 2.43. The van der Waals surface area contributed by atoms with Crippen LogP contribution in [0.2, 0.25) is 0 Å². The zero-order valence-corrected chi connectivity index (χ0v) is 16.1. The molecule has 1 amide bonds. The van der Waals surface area contributed by atoms with Crippen LogP contribution in [0.5, 0.6) is 0 Å².